The van der Waals surface area contributed by atoms with Crippen LogP contribution in [0.15, 0.2) is 35.7 Å². The van der Waals surface area contributed by atoms with Crippen LogP contribution in [-0.2, 0) is 12.8 Å². The number of nitro groups is 1. The summed E-state index contributed by atoms with van der Waals surface area (Å²) in [4.78, 5) is 10.1. The van der Waals surface area contributed by atoms with Crippen LogP contribution in [0.5, 0.6) is 0 Å². The van der Waals surface area contributed by atoms with Crippen LogP contribution in [0.1, 0.15) is 5.56 Å². The van der Waals surface area contributed by atoms with E-state index in [-0.39, 0.29) is 5.69 Å². The van der Waals surface area contributed by atoms with Gasteiger partial charge >= 0.3 is 0 Å². The largest absolute Gasteiger partial charge is 0.312 e. The molecule has 0 atom stereocenters. The topological polar surface area (TPSA) is 73.8 Å². The van der Waals surface area contributed by atoms with E-state index in [2.05, 4.69) is 10.2 Å². The van der Waals surface area contributed by atoms with Crippen LogP contribution in [-0.4, -0.2) is 19.7 Å². The molecule has 6 nitrogen and oxygen atoms in total. The Balaban J connectivity index is 2.00. The highest BCUT2D eigenvalue weighted by molar-refractivity contribution is 7.98. The van der Waals surface area contributed by atoms with Gasteiger partial charge in [0.15, 0.2) is 5.16 Å². The summed E-state index contributed by atoms with van der Waals surface area (Å²) >= 11 is 1.54. The van der Waals surface area contributed by atoms with Gasteiger partial charge in [0.25, 0.3) is 5.69 Å². The fourth-order valence-corrected chi connectivity index (χ4v) is 2.11. The lowest BCUT2D eigenvalue weighted by atomic mass is 10.2. The number of nitro benzene ring substituents is 1. The number of aryl methyl sites for hydroxylation is 1. The van der Waals surface area contributed by atoms with E-state index in [1.54, 1.807) is 30.2 Å². The van der Waals surface area contributed by atoms with Crippen LogP contribution in [0.4, 0.5) is 5.69 Å². The number of hydrogen-bond donors (Lipinski definition) is 0. The molecule has 0 amide bonds. The zero-order chi connectivity index (χ0) is 12.3. The van der Waals surface area contributed by atoms with Crippen molar-refractivity contribution in [1.29, 1.82) is 0 Å². The molecule has 0 fully saturated rings. The second-order valence-electron chi connectivity index (χ2n) is 3.44. The predicted octanol–water partition coefficient (Wildman–Crippen LogP) is 2.02. The quantitative estimate of drug-likeness (QED) is 0.471. The fraction of sp³-hybridized carbons (Fsp3) is 0.200. The van der Waals surface area contributed by atoms with Crippen molar-refractivity contribution in [1.82, 2.24) is 14.8 Å². The van der Waals surface area contributed by atoms with Crippen LogP contribution in [0.25, 0.3) is 0 Å². The van der Waals surface area contributed by atoms with Gasteiger partial charge in [0.1, 0.15) is 6.33 Å². The Kier molecular flexibility index (Phi) is 3.38. The monoisotopic (exact) mass is 250 g/mol. The molecule has 0 spiro atoms. The summed E-state index contributed by atoms with van der Waals surface area (Å²) in [6.07, 6.45) is 1.64. The highest BCUT2D eigenvalue weighted by Gasteiger charge is 2.05. The normalized spacial score (nSPS) is 10.4. The minimum Gasteiger partial charge on any atom is -0.312 e. The molecular formula is C10H10N4O2S. The van der Waals surface area contributed by atoms with Gasteiger partial charge in [0.2, 0.25) is 0 Å². The number of rotatable bonds is 4. The summed E-state index contributed by atoms with van der Waals surface area (Å²) in [6.45, 7) is 0. The van der Waals surface area contributed by atoms with Crippen LogP contribution in [0.3, 0.4) is 0 Å². The van der Waals surface area contributed by atoms with Gasteiger partial charge in [0.05, 0.1) is 4.92 Å². The standard InChI is InChI=1S/C10H10N4O2S/c1-13-7-11-12-10(13)17-6-8-2-4-9(5-3-8)14(15)16/h2-5,7H,6H2,1H3. The molecule has 88 valence electrons. The second-order valence-corrected chi connectivity index (χ2v) is 4.38. The van der Waals surface area contributed by atoms with Gasteiger partial charge in [-0.15, -0.1) is 10.2 Å². The minimum atomic E-state index is -0.403. The Bertz CT molecular complexity index is 523. The van der Waals surface area contributed by atoms with E-state index in [4.69, 9.17) is 0 Å². The highest BCUT2D eigenvalue weighted by atomic mass is 32.2. The zero-order valence-electron chi connectivity index (χ0n) is 9.11. The Morgan fingerprint density at radius 2 is 2.12 bits per heavy atom. The molecule has 17 heavy (non-hydrogen) atoms. The van der Waals surface area contributed by atoms with E-state index in [1.165, 1.54) is 12.1 Å². The second kappa shape index (κ2) is 4.96. The van der Waals surface area contributed by atoms with Crippen molar-refractivity contribution < 1.29 is 4.92 Å². The molecule has 2 rings (SSSR count). The van der Waals surface area contributed by atoms with Crippen molar-refractivity contribution in [3.05, 3.63) is 46.3 Å². The lowest BCUT2D eigenvalue weighted by molar-refractivity contribution is -0.384. The maximum Gasteiger partial charge on any atom is 0.269 e. The number of nitrogens with zero attached hydrogens (tertiary/aromatic N) is 4. The first kappa shape index (κ1) is 11.6. The molecule has 1 aromatic carbocycles. The Labute approximate surface area is 102 Å². The number of non-ortho nitro benzene ring substituents is 1. The average Bonchev–Trinajstić information content (AvgIpc) is 2.73. The van der Waals surface area contributed by atoms with Gasteiger partial charge in [-0.2, -0.15) is 0 Å². The number of thioether (sulfide) groups is 1. The van der Waals surface area contributed by atoms with Crippen molar-refractivity contribution in [2.45, 2.75) is 10.9 Å². The van der Waals surface area contributed by atoms with Gasteiger partial charge in [-0.3, -0.25) is 10.1 Å². The Morgan fingerprint density at radius 3 is 2.65 bits per heavy atom. The van der Waals surface area contributed by atoms with E-state index in [0.717, 1.165) is 10.7 Å². The fourth-order valence-electron chi connectivity index (χ4n) is 1.27. The molecule has 0 aliphatic carbocycles. The summed E-state index contributed by atoms with van der Waals surface area (Å²) in [7, 11) is 1.87. The predicted molar refractivity (Wildman–Crippen MR) is 63.7 cm³/mol. The molecule has 0 N–H and O–H groups in total. The smallest absolute Gasteiger partial charge is 0.269 e. The molecule has 1 aromatic heterocycles. The van der Waals surface area contributed by atoms with Crippen LogP contribution < -0.4 is 0 Å². The third-order valence-corrected chi connectivity index (χ3v) is 3.29. The van der Waals surface area contributed by atoms with Gasteiger partial charge in [-0.05, 0) is 5.56 Å². The molecule has 0 saturated carbocycles. The Hall–Kier alpha value is -1.89. The van der Waals surface area contributed by atoms with Gasteiger partial charge in [-0.25, -0.2) is 0 Å². The van der Waals surface area contributed by atoms with Crippen molar-refractivity contribution in [3.63, 3.8) is 0 Å². The molecule has 0 unspecified atom stereocenters. The minimum absolute atomic E-state index is 0.109. The summed E-state index contributed by atoms with van der Waals surface area (Å²) in [5.74, 6) is 0.713. The maximum atomic E-state index is 10.5. The molecule has 0 aliphatic heterocycles. The van der Waals surface area contributed by atoms with Crippen molar-refractivity contribution in [2.75, 3.05) is 0 Å². The van der Waals surface area contributed by atoms with E-state index in [0.29, 0.717) is 5.75 Å². The molecule has 0 saturated heterocycles. The van der Waals surface area contributed by atoms with Crippen LogP contribution in [0.2, 0.25) is 0 Å². The summed E-state index contributed by atoms with van der Waals surface area (Å²) in [6, 6.07) is 6.52. The average molecular weight is 250 g/mol. The third kappa shape index (κ3) is 2.82. The number of benzene rings is 1. The first-order valence-electron chi connectivity index (χ1n) is 4.87. The SMILES string of the molecule is Cn1cnnc1SCc1ccc([N+](=O)[O-])cc1. The van der Waals surface area contributed by atoms with Crippen LogP contribution >= 0.6 is 11.8 Å². The highest BCUT2D eigenvalue weighted by Crippen LogP contribution is 2.21. The number of hydrogen-bond acceptors (Lipinski definition) is 5. The van der Waals surface area contributed by atoms with Crippen molar-refractivity contribution in [2.24, 2.45) is 7.05 Å². The van der Waals surface area contributed by atoms with E-state index >= 15 is 0 Å². The molecule has 0 aliphatic rings. The molecular weight excluding hydrogens is 240 g/mol. The van der Waals surface area contributed by atoms with Crippen molar-refractivity contribution >= 4 is 17.4 Å². The molecule has 0 radical (unpaired) electrons. The van der Waals surface area contributed by atoms with Crippen LogP contribution in [0, 0.1) is 10.1 Å². The molecule has 1 heterocycles. The van der Waals surface area contributed by atoms with E-state index in [9.17, 15) is 10.1 Å². The van der Waals surface area contributed by atoms with E-state index < -0.39 is 4.92 Å². The third-order valence-electron chi connectivity index (χ3n) is 2.18. The molecule has 0 bridgehead atoms. The van der Waals surface area contributed by atoms with E-state index in [1.807, 2.05) is 11.6 Å². The maximum absolute atomic E-state index is 10.5. The Morgan fingerprint density at radius 1 is 1.41 bits per heavy atom. The van der Waals surface area contributed by atoms with Gasteiger partial charge in [-0.1, -0.05) is 23.9 Å². The summed E-state index contributed by atoms with van der Waals surface area (Å²) in [5, 5.41) is 19.0. The first-order valence-corrected chi connectivity index (χ1v) is 5.85. The zero-order valence-corrected chi connectivity index (χ0v) is 9.92. The lowest BCUT2D eigenvalue weighted by Crippen LogP contribution is -1.91. The van der Waals surface area contributed by atoms with Gasteiger partial charge in [0, 0.05) is 24.9 Å². The number of aromatic nitrogens is 3. The van der Waals surface area contributed by atoms with Gasteiger partial charge < -0.3 is 4.57 Å². The lowest BCUT2D eigenvalue weighted by Gasteiger charge is -2.00. The summed E-state index contributed by atoms with van der Waals surface area (Å²) < 4.78 is 1.83. The summed E-state index contributed by atoms with van der Waals surface area (Å²) in [5.41, 5.74) is 1.13. The first-order chi connectivity index (χ1) is 8.16. The molecule has 7 heteroatoms. The molecule has 2 aromatic rings. The van der Waals surface area contributed by atoms with Crippen molar-refractivity contribution in [3.8, 4) is 0 Å².